The van der Waals surface area contributed by atoms with Gasteiger partial charge in [-0.15, -0.1) is 0 Å². The van der Waals surface area contributed by atoms with Crippen molar-refractivity contribution in [2.75, 3.05) is 6.61 Å². The first-order valence-electron chi connectivity index (χ1n) is 7.21. The number of aromatic amines is 1. The number of phosphoric acid groups is 3. The third-order valence-electron chi connectivity index (χ3n) is 3.26. The van der Waals surface area contributed by atoms with Crippen molar-refractivity contribution in [3.63, 3.8) is 0 Å². The van der Waals surface area contributed by atoms with E-state index < -0.39 is 65.6 Å². The second-order valence-electron chi connectivity index (χ2n) is 5.46. The summed E-state index contributed by atoms with van der Waals surface area (Å²) in [5, 5.41) is 9.89. The maximum absolute atomic E-state index is 13.3. The van der Waals surface area contributed by atoms with Gasteiger partial charge in [0.1, 0.15) is 12.3 Å². The first kappa shape index (κ1) is 24.2. The number of ether oxygens (including phenoxy) is 1. The topological polar surface area (TPSA) is 244 Å². The molecule has 0 amide bonds. The summed E-state index contributed by atoms with van der Waals surface area (Å²) in [7, 11) is -16.7. The van der Waals surface area contributed by atoms with E-state index in [1.54, 1.807) is 4.98 Å². The average molecular weight is 486 g/mol. The van der Waals surface area contributed by atoms with Crippen molar-refractivity contribution in [2.45, 2.75) is 24.9 Å². The number of H-pyrrole nitrogens is 1. The van der Waals surface area contributed by atoms with Crippen molar-refractivity contribution in [2.24, 2.45) is 0 Å². The zero-order valence-electron chi connectivity index (χ0n) is 13.8. The number of hydrogen-bond donors (Lipinski definition) is 6. The zero-order chi connectivity index (χ0) is 22.2. The number of nitrogens with one attached hydrogen (secondary N) is 1. The van der Waals surface area contributed by atoms with Crippen LogP contribution >= 0.6 is 23.5 Å². The van der Waals surface area contributed by atoms with Crippen LogP contribution in [0.4, 0.5) is 4.39 Å². The highest BCUT2D eigenvalue weighted by Gasteiger charge is 2.43. The van der Waals surface area contributed by atoms with Gasteiger partial charge in [0.05, 0.1) is 18.9 Å². The fraction of sp³-hybridized carbons (Fsp3) is 0.556. The van der Waals surface area contributed by atoms with Gasteiger partial charge in [-0.2, -0.15) is 13.0 Å². The summed E-state index contributed by atoms with van der Waals surface area (Å²) >= 11 is 0. The van der Waals surface area contributed by atoms with E-state index in [9.17, 15) is 37.7 Å². The van der Waals surface area contributed by atoms with Crippen molar-refractivity contribution < 1.29 is 60.6 Å². The number of halogens is 1. The summed E-state index contributed by atoms with van der Waals surface area (Å²) < 4.78 is 63.8. The van der Waals surface area contributed by atoms with Crippen LogP contribution in [0.2, 0.25) is 0 Å². The molecule has 20 heteroatoms. The van der Waals surface area contributed by atoms with Gasteiger partial charge in [-0.05, 0) is 0 Å². The maximum atomic E-state index is 13.3. The Labute approximate surface area is 158 Å². The molecule has 1 aromatic rings. The molecule has 0 radical (unpaired) electrons. The van der Waals surface area contributed by atoms with Crippen molar-refractivity contribution in [3.8, 4) is 0 Å². The van der Waals surface area contributed by atoms with Crippen LogP contribution in [-0.4, -0.2) is 53.0 Å². The lowest BCUT2D eigenvalue weighted by Crippen LogP contribution is -2.34. The molecule has 6 N–H and O–H groups in total. The van der Waals surface area contributed by atoms with Crippen LogP contribution in [0.15, 0.2) is 15.8 Å². The first-order chi connectivity index (χ1) is 13.1. The predicted octanol–water partition coefficient (Wildman–Crippen LogP) is -1.33. The summed E-state index contributed by atoms with van der Waals surface area (Å²) in [6.07, 6.45) is -3.99. The van der Waals surface area contributed by atoms with Gasteiger partial charge in [-0.3, -0.25) is 18.9 Å². The molecule has 1 aromatic heterocycles. The number of aliphatic hydroxyl groups is 1. The number of rotatable bonds is 8. The Hall–Kier alpha value is -1.06. The summed E-state index contributed by atoms with van der Waals surface area (Å²) in [4.78, 5) is 59.6. The van der Waals surface area contributed by atoms with Gasteiger partial charge in [0.15, 0.2) is 0 Å². The van der Waals surface area contributed by atoms with E-state index in [1.807, 2.05) is 0 Å². The van der Waals surface area contributed by atoms with Gasteiger partial charge in [0, 0.05) is 6.42 Å². The molecular formula is C9H14FN2O14P3. The lowest BCUT2D eigenvalue weighted by atomic mass is 10.2. The zero-order valence-corrected chi connectivity index (χ0v) is 16.5. The molecule has 2 heterocycles. The van der Waals surface area contributed by atoms with Gasteiger partial charge in [-0.25, -0.2) is 18.5 Å². The van der Waals surface area contributed by atoms with Crippen LogP contribution in [0.25, 0.3) is 0 Å². The molecule has 0 spiro atoms. The van der Waals surface area contributed by atoms with Crippen LogP contribution in [0, 0.1) is 5.82 Å². The molecule has 5 atom stereocenters. The van der Waals surface area contributed by atoms with Crippen molar-refractivity contribution in [1.29, 1.82) is 0 Å². The highest BCUT2D eigenvalue weighted by molar-refractivity contribution is 7.66. The molecular weight excluding hydrogens is 472 g/mol. The second-order valence-corrected chi connectivity index (χ2v) is 9.88. The summed E-state index contributed by atoms with van der Waals surface area (Å²) in [6.45, 7) is -0.970. The van der Waals surface area contributed by atoms with Gasteiger partial charge in [0.2, 0.25) is 5.82 Å². The summed E-state index contributed by atoms with van der Waals surface area (Å²) in [6, 6.07) is 0. The molecule has 0 saturated carbocycles. The summed E-state index contributed by atoms with van der Waals surface area (Å²) in [5.41, 5.74) is -2.35. The molecule has 166 valence electrons. The van der Waals surface area contributed by atoms with Gasteiger partial charge in [0.25, 0.3) is 5.56 Å². The molecule has 1 saturated heterocycles. The summed E-state index contributed by atoms with van der Waals surface area (Å²) in [5.74, 6) is -1.32. The largest absolute Gasteiger partial charge is 0.490 e. The maximum Gasteiger partial charge on any atom is 0.490 e. The van der Waals surface area contributed by atoms with E-state index in [0.717, 1.165) is 0 Å². The fourth-order valence-corrected chi connectivity index (χ4v) is 5.21. The van der Waals surface area contributed by atoms with Crippen LogP contribution in [0.3, 0.4) is 0 Å². The Bertz CT molecular complexity index is 1020. The molecule has 3 unspecified atom stereocenters. The van der Waals surface area contributed by atoms with E-state index >= 15 is 0 Å². The Balaban J connectivity index is 2.03. The van der Waals surface area contributed by atoms with Gasteiger partial charge < -0.3 is 29.4 Å². The van der Waals surface area contributed by atoms with E-state index in [4.69, 9.17) is 19.4 Å². The quantitative estimate of drug-likeness (QED) is 0.233. The van der Waals surface area contributed by atoms with Crippen molar-refractivity contribution >= 4 is 23.5 Å². The van der Waals surface area contributed by atoms with E-state index in [1.165, 1.54) is 0 Å². The average Bonchev–Trinajstić information content (AvgIpc) is 2.86. The van der Waals surface area contributed by atoms with Crippen molar-refractivity contribution in [3.05, 3.63) is 32.9 Å². The molecule has 16 nitrogen and oxygen atoms in total. The number of hydrogen-bond acceptors (Lipinski definition) is 10. The van der Waals surface area contributed by atoms with Crippen molar-refractivity contribution in [1.82, 2.24) is 9.55 Å². The number of aromatic nitrogens is 2. The Morgan fingerprint density at radius 3 is 2.38 bits per heavy atom. The number of phosphoric ester groups is 1. The minimum Gasteiger partial charge on any atom is -0.390 e. The van der Waals surface area contributed by atoms with Gasteiger partial charge in [-0.1, -0.05) is 0 Å². The molecule has 1 aliphatic heterocycles. The highest BCUT2D eigenvalue weighted by atomic mass is 31.3. The standard InChI is InChI=1S/C9H14FN2O14P3/c10-4-2-12(9(15)11-8(4)14)7-1-5(13)6(24-7)3-23-28(19,20)26-29(21,22)25-27(16,17)18/h2,5-7,13H,1,3H2,(H,19,20)(H,21,22)(H,11,14,15)(H2,16,17,18)/t5?,6-,7-/m1/s1. The molecule has 2 rings (SSSR count). The van der Waals surface area contributed by atoms with Crippen LogP contribution in [-0.2, 0) is 31.6 Å². The molecule has 0 bridgehead atoms. The van der Waals surface area contributed by atoms with Gasteiger partial charge >= 0.3 is 29.2 Å². The molecule has 1 aliphatic rings. The molecule has 0 aliphatic carbocycles. The van der Waals surface area contributed by atoms with E-state index in [2.05, 4.69) is 13.1 Å². The minimum absolute atomic E-state index is 0.337. The third kappa shape index (κ3) is 7.00. The highest BCUT2D eigenvalue weighted by Crippen LogP contribution is 2.66. The Morgan fingerprint density at radius 2 is 1.79 bits per heavy atom. The lowest BCUT2D eigenvalue weighted by Gasteiger charge is -2.19. The van der Waals surface area contributed by atoms with Crippen LogP contribution in [0.5, 0.6) is 0 Å². The number of nitrogens with zero attached hydrogens (tertiary/aromatic N) is 1. The lowest BCUT2D eigenvalue weighted by molar-refractivity contribution is -0.0452. The smallest absolute Gasteiger partial charge is 0.390 e. The predicted molar refractivity (Wildman–Crippen MR) is 85.6 cm³/mol. The molecule has 0 aromatic carbocycles. The van der Waals surface area contributed by atoms with Crippen LogP contribution in [0.1, 0.15) is 12.6 Å². The van der Waals surface area contributed by atoms with E-state index in [-0.39, 0.29) is 6.42 Å². The Kier molecular flexibility index (Phi) is 7.17. The Morgan fingerprint density at radius 1 is 1.17 bits per heavy atom. The molecule has 29 heavy (non-hydrogen) atoms. The van der Waals surface area contributed by atoms with E-state index in [0.29, 0.717) is 10.8 Å². The monoisotopic (exact) mass is 486 g/mol. The SMILES string of the molecule is O=c1[nH]c(=O)n([C@H]2CC(O)[C@@H](COP(=O)(O)OP(=O)(O)OP(=O)(O)O)O2)cc1F. The fourth-order valence-electron chi connectivity index (χ4n) is 2.18. The third-order valence-corrected chi connectivity index (χ3v) is 7.06. The normalized spacial score (nSPS) is 26.8. The minimum atomic E-state index is -5.71. The molecule has 1 fully saturated rings. The first-order valence-corrected chi connectivity index (χ1v) is 11.7. The van der Waals surface area contributed by atoms with Crippen LogP contribution < -0.4 is 11.2 Å². The number of aliphatic hydroxyl groups excluding tert-OH is 1. The second kappa shape index (κ2) is 8.59.